The lowest BCUT2D eigenvalue weighted by Crippen LogP contribution is -2.57. The van der Waals surface area contributed by atoms with Crippen molar-refractivity contribution in [1.82, 2.24) is 9.58 Å². The molecular weight excluding hydrogens is 458 g/mol. The van der Waals surface area contributed by atoms with Crippen molar-refractivity contribution in [2.24, 2.45) is 5.92 Å². The highest BCUT2D eigenvalue weighted by molar-refractivity contribution is 5.96. The second-order valence-electron chi connectivity index (χ2n) is 9.33. The Morgan fingerprint density at radius 1 is 1.00 bits per heavy atom. The minimum atomic E-state index is -0.593. The van der Waals surface area contributed by atoms with E-state index in [1.165, 1.54) is 6.07 Å². The summed E-state index contributed by atoms with van der Waals surface area (Å²) in [7, 11) is 1.58. The molecule has 0 radical (unpaired) electrons. The van der Waals surface area contributed by atoms with Crippen LogP contribution in [0.25, 0.3) is 0 Å². The molecule has 0 unspecified atom stereocenters. The summed E-state index contributed by atoms with van der Waals surface area (Å²) >= 11 is 0. The van der Waals surface area contributed by atoms with Crippen molar-refractivity contribution in [3.05, 3.63) is 99.5 Å². The van der Waals surface area contributed by atoms with Crippen molar-refractivity contribution in [3.8, 4) is 5.75 Å². The van der Waals surface area contributed by atoms with E-state index in [1.54, 1.807) is 16.7 Å². The Morgan fingerprint density at radius 2 is 1.64 bits per heavy atom. The number of fused-ring (bicyclic) bond motifs is 1. The smallest absolute Gasteiger partial charge is 0.277 e. The monoisotopic (exact) mass is 489 g/mol. The largest absolute Gasteiger partial charge is 0.502 e. The zero-order valence-corrected chi connectivity index (χ0v) is 20.4. The second kappa shape index (κ2) is 10.6. The number of nitrogens with zero attached hydrogens (tertiary/aromatic N) is 3. The fraction of sp³-hybridized carbons (Fsp3) is 0.357. The number of methoxy groups -OCH3 is 1. The van der Waals surface area contributed by atoms with Gasteiger partial charge in [0.1, 0.15) is 6.67 Å². The van der Waals surface area contributed by atoms with Crippen molar-refractivity contribution >= 4 is 5.91 Å². The summed E-state index contributed by atoms with van der Waals surface area (Å²) in [6, 6.07) is 21.1. The van der Waals surface area contributed by atoms with Gasteiger partial charge in [-0.15, -0.1) is 0 Å². The van der Waals surface area contributed by atoms with Gasteiger partial charge in [-0.3, -0.25) is 14.6 Å². The number of hydrogen-bond donors (Lipinski definition) is 1. The molecule has 8 nitrogen and oxygen atoms in total. The molecule has 0 atom stereocenters. The predicted molar refractivity (Wildman–Crippen MR) is 135 cm³/mol. The van der Waals surface area contributed by atoms with Crippen LogP contribution in [-0.4, -0.2) is 54.1 Å². The van der Waals surface area contributed by atoms with Gasteiger partial charge in [0.05, 0.1) is 24.9 Å². The van der Waals surface area contributed by atoms with Gasteiger partial charge in [-0.25, -0.2) is 4.68 Å². The lowest BCUT2D eigenvalue weighted by atomic mass is 9.98. The van der Waals surface area contributed by atoms with E-state index < -0.39 is 17.1 Å². The number of carbonyl (C=O) groups excluding carboxylic acids is 1. The molecule has 5 rings (SSSR count). The third kappa shape index (κ3) is 4.87. The first-order valence-electron chi connectivity index (χ1n) is 12.3. The van der Waals surface area contributed by atoms with Crippen LogP contribution in [-0.2, 0) is 16.1 Å². The molecule has 3 aromatic rings. The molecule has 2 heterocycles. The zero-order chi connectivity index (χ0) is 25.1. The summed E-state index contributed by atoms with van der Waals surface area (Å²) < 4.78 is 12.9. The highest BCUT2D eigenvalue weighted by atomic mass is 16.5. The maximum Gasteiger partial charge on any atom is 0.277 e. The summed E-state index contributed by atoms with van der Waals surface area (Å²) in [5.41, 5.74) is 1.92. The molecule has 0 bridgehead atoms. The minimum absolute atomic E-state index is 0.0493. The molecule has 1 aliphatic carbocycles. The number of rotatable bonds is 10. The van der Waals surface area contributed by atoms with E-state index in [9.17, 15) is 14.7 Å². The fourth-order valence-electron chi connectivity index (χ4n) is 4.67. The van der Waals surface area contributed by atoms with Gasteiger partial charge in [0.25, 0.3) is 5.91 Å². The van der Waals surface area contributed by atoms with Gasteiger partial charge in [-0.1, -0.05) is 60.7 Å². The van der Waals surface area contributed by atoms with Crippen LogP contribution in [0, 0.1) is 5.92 Å². The lowest BCUT2D eigenvalue weighted by Gasteiger charge is -2.45. The summed E-state index contributed by atoms with van der Waals surface area (Å²) in [6.45, 7) is 1.66. The number of aromatic hydroxyl groups is 1. The Labute approximate surface area is 210 Å². The van der Waals surface area contributed by atoms with E-state index in [4.69, 9.17) is 9.47 Å². The maximum atomic E-state index is 13.6. The molecule has 188 valence electrons. The quantitative estimate of drug-likeness (QED) is 0.471. The molecule has 2 aromatic carbocycles. The van der Waals surface area contributed by atoms with Crippen LogP contribution >= 0.6 is 0 Å². The fourth-order valence-corrected chi connectivity index (χ4v) is 4.67. The molecular formula is C28H31N3O5. The van der Waals surface area contributed by atoms with Gasteiger partial charge >= 0.3 is 0 Å². The van der Waals surface area contributed by atoms with Crippen LogP contribution in [0.3, 0.4) is 0 Å². The minimum Gasteiger partial charge on any atom is -0.502 e. The van der Waals surface area contributed by atoms with Crippen molar-refractivity contribution < 1.29 is 19.4 Å². The SMILES string of the molecule is COCCN1CN(C(c2ccccc2)c2ccccc2)n2c(COCC3CC3)cc(=O)c(O)c2C1=O. The van der Waals surface area contributed by atoms with Crippen molar-refractivity contribution in [2.75, 3.05) is 38.5 Å². The zero-order valence-electron chi connectivity index (χ0n) is 20.4. The molecule has 0 saturated heterocycles. The molecule has 1 amide bonds. The van der Waals surface area contributed by atoms with Crippen molar-refractivity contribution in [2.45, 2.75) is 25.5 Å². The number of pyridine rings is 1. The van der Waals surface area contributed by atoms with Gasteiger partial charge in [0.15, 0.2) is 11.4 Å². The topological polar surface area (TPSA) is 84.2 Å². The standard InChI is InChI=1S/C28H31N3O5/c1-35-15-14-29-19-30(25(21-8-4-2-5-9-21)22-10-6-3-7-11-22)31-23(18-36-17-20-12-13-20)16-24(32)27(33)26(31)28(29)34/h2-11,16,20,25,33H,12-15,17-19H2,1H3. The summed E-state index contributed by atoms with van der Waals surface area (Å²) in [5, 5.41) is 12.9. The average molecular weight is 490 g/mol. The second-order valence-corrected chi connectivity index (χ2v) is 9.33. The Bertz CT molecular complexity index is 1220. The van der Waals surface area contributed by atoms with Crippen LogP contribution < -0.4 is 10.4 Å². The molecule has 1 aliphatic heterocycles. The first kappa shape index (κ1) is 24.1. The molecule has 8 heteroatoms. The Kier molecular flexibility index (Phi) is 7.06. The van der Waals surface area contributed by atoms with Gasteiger partial charge < -0.3 is 19.5 Å². The summed E-state index contributed by atoms with van der Waals surface area (Å²) in [5.74, 6) is -0.418. The van der Waals surface area contributed by atoms with Gasteiger partial charge in [-0.2, -0.15) is 0 Å². The Balaban J connectivity index is 1.67. The van der Waals surface area contributed by atoms with Crippen LogP contribution in [0.2, 0.25) is 0 Å². The highest BCUT2D eigenvalue weighted by Gasteiger charge is 2.38. The Hall–Kier alpha value is -3.62. The van der Waals surface area contributed by atoms with E-state index in [1.807, 2.05) is 65.7 Å². The molecule has 1 saturated carbocycles. The Morgan fingerprint density at radius 3 is 2.22 bits per heavy atom. The van der Waals surface area contributed by atoms with Crippen LogP contribution in [0.5, 0.6) is 5.75 Å². The third-order valence-electron chi connectivity index (χ3n) is 6.70. The van der Waals surface area contributed by atoms with E-state index in [0.717, 1.165) is 24.0 Å². The highest BCUT2D eigenvalue weighted by Crippen LogP contribution is 2.34. The number of ether oxygens (including phenoxy) is 2. The maximum absolute atomic E-state index is 13.6. The van der Waals surface area contributed by atoms with Gasteiger partial charge in [-0.05, 0) is 29.9 Å². The number of amides is 1. The number of aromatic nitrogens is 1. The predicted octanol–water partition coefficient (Wildman–Crippen LogP) is 3.27. The normalized spacial score (nSPS) is 15.4. The first-order chi connectivity index (χ1) is 17.6. The third-order valence-corrected chi connectivity index (χ3v) is 6.70. The van der Waals surface area contributed by atoms with Crippen LogP contribution in [0.1, 0.15) is 46.2 Å². The van der Waals surface area contributed by atoms with Gasteiger partial charge in [0.2, 0.25) is 5.43 Å². The molecule has 1 N–H and O–H groups in total. The summed E-state index contributed by atoms with van der Waals surface area (Å²) in [4.78, 5) is 27.9. The number of hydrogen-bond acceptors (Lipinski definition) is 6. The van der Waals surface area contributed by atoms with E-state index in [2.05, 4.69) is 0 Å². The van der Waals surface area contributed by atoms with Gasteiger partial charge in [0, 0.05) is 26.3 Å². The van der Waals surface area contributed by atoms with Crippen molar-refractivity contribution in [1.29, 1.82) is 0 Å². The van der Waals surface area contributed by atoms with Crippen molar-refractivity contribution in [3.63, 3.8) is 0 Å². The lowest BCUT2D eigenvalue weighted by molar-refractivity contribution is 0.0596. The van der Waals surface area contributed by atoms with E-state index in [0.29, 0.717) is 31.4 Å². The molecule has 0 spiro atoms. The molecule has 1 fully saturated rings. The van der Waals surface area contributed by atoms with Crippen LogP contribution in [0.15, 0.2) is 71.5 Å². The number of carbonyl (C=O) groups is 1. The first-order valence-corrected chi connectivity index (χ1v) is 12.3. The average Bonchev–Trinajstić information content (AvgIpc) is 3.73. The van der Waals surface area contributed by atoms with E-state index >= 15 is 0 Å². The summed E-state index contributed by atoms with van der Waals surface area (Å²) in [6.07, 6.45) is 2.30. The molecule has 36 heavy (non-hydrogen) atoms. The van der Waals surface area contributed by atoms with Crippen LogP contribution in [0.4, 0.5) is 0 Å². The number of benzene rings is 2. The molecule has 1 aromatic heterocycles. The molecule has 2 aliphatic rings. The van der Waals surface area contributed by atoms with E-state index in [-0.39, 0.29) is 25.0 Å².